The number of guanidine groups is 1. The van der Waals surface area contributed by atoms with Gasteiger partial charge in [-0.1, -0.05) is 17.8 Å². The number of rotatable bonds is 3. The molecule has 0 unspecified atom stereocenters. The summed E-state index contributed by atoms with van der Waals surface area (Å²) in [7, 11) is 1.29. The third-order valence-electron chi connectivity index (χ3n) is 1.79. The van der Waals surface area contributed by atoms with Gasteiger partial charge in [-0.25, -0.2) is 9.78 Å². The van der Waals surface area contributed by atoms with Gasteiger partial charge in [-0.05, 0) is 12.1 Å². The molecule has 0 aromatic carbocycles. The van der Waals surface area contributed by atoms with Crippen LogP contribution in [0.1, 0.15) is 16.2 Å². The van der Waals surface area contributed by atoms with Gasteiger partial charge in [0.2, 0.25) is 0 Å². The molecule has 0 bridgehead atoms. The van der Waals surface area contributed by atoms with E-state index in [0.717, 1.165) is 11.8 Å². The highest BCUT2D eigenvalue weighted by Crippen LogP contribution is 2.12. The first-order valence-electron chi connectivity index (χ1n) is 4.88. The highest BCUT2D eigenvalue weighted by molar-refractivity contribution is 8.13. The van der Waals surface area contributed by atoms with E-state index in [-0.39, 0.29) is 16.8 Å². The Labute approximate surface area is 108 Å². The van der Waals surface area contributed by atoms with E-state index >= 15 is 0 Å². The maximum Gasteiger partial charge on any atom is 0.356 e. The number of hydrogen-bond acceptors (Lipinski definition) is 5. The molecule has 0 atom stereocenters. The lowest BCUT2D eigenvalue weighted by molar-refractivity contribution is 0.0594. The van der Waals surface area contributed by atoms with E-state index in [4.69, 9.17) is 16.9 Å². The van der Waals surface area contributed by atoms with E-state index in [1.807, 2.05) is 0 Å². The minimum absolute atomic E-state index is 0.0136. The Morgan fingerprint density at radius 3 is 2.89 bits per heavy atom. The summed E-state index contributed by atoms with van der Waals surface area (Å²) in [6.07, 6.45) is 0. The fourth-order valence-corrected chi connectivity index (χ4v) is 1.69. The van der Waals surface area contributed by atoms with Crippen LogP contribution in [0.5, 0.6) is 0 Å². The summed E-state index contributed by atoms with van der Waals surface area (Å²) in [5, 5.41) is 7.43. The molecular formula is C10H13N5O2S. The number of methoxy groups -OCH3 is 1. The lowest BCUT2D eigenvalue weighted by atomic mass is 10.3. The molecule has 5 N–H and O–H groups in total. The monoisotopic (exact) mass is 267 g/mol. The zero-order valence-electron chi connectivity index (χ0n) is 9.71. The van der Waals surface area contributed by atoms with Crippen molar-refractivity contribution in [1.82, 2.24) is 4.98 Å². The van der Waals surface area contributed by atoms with Crippen molar-refractivity contribution in [1.29, 1.82) is 5.41 Å². The Kier molecular flexibility index (Phi) is 5.12. The molecule has 18 heavy (non-hydrogen) atoms. The van der Waals surface area contributed by atoms with Crippen LogP contribution in [0, 0.1) is 5.41 Å². The molecule has 0 spiro atoms. The van der Waals surface area contributed by atoms with Gasteiger partial charge >= 0.3 is 5.97 Å². The predicted molar refractivity (Wildman–Crippen MR) is 70.4 cm³/mol. The van der Waals surface area contributed by atoms with Gasteiger partial charge in [0.05, 0.1) is 12.8 Å². The average molecular weight is 267 g/mol. The van der Waals surface area contributed by atoms with E-state index in [9.17, 15) is 4.79 Å². The van der Waals surface area contributed by atoms with Gasteiger partial charge < -0.3 is 16.2 Å². The average Bonchev–Trinajstić information content (AvgIpc) is 2.35. The van der Waals surface area contributed by atoms with Crippen LogP contribution in [0.2, 0.25) is 0 Å². The minimum Gasteiger partial charge on any atom is -0.464 e. The molecule has 1 aromatic heterocycles. The van der Waals surface area contributed by atoms with Gasteiger partial charge in [0.25, 0.3) is 0 Å². The van der Waals surface area contributed by atoms with Crippen LogP contribution in [-0.4, -0.2) is 29.2 Å². The molecule has 8 heteroatoms. The maximum absolute atomic E-state index is 11.3. The van der Waals surface area contributed by atoms with E-state index in [2.05, 4.69) is 14.7 Å². The van der Waals surface area contributed by atoms with Crippen molar-refractivity contribution in [3.8, 4) is 0 Å². The third kappa shape index (κ3) is 4.42. The van der Waals surface area contributed by atoms with E-state index in [1.54, 1.807) is 18.2 Å². The van der Waals surface area contributed by atoms with Gasteiger partial charge in [0.1, 0.15) is 5.69 Å². The molecule has 0 aliphatic carbocycles. The minimum atomic E-state index is -0.499. The number of aliphatic imine (C=N–C) groups is 1. The topological polar surface area (TPSA) is 127 Å². The first-order chi connectivity index (χ1) is 8.52. The zero-order chi connectivity index (χ0) is 13.5. The number of carbonyl (C=O) groups excluding carboxylic acids is 1. The Bertz CT molecular complexity index is 485. The number of esters is 1. The second kappa shape index (κ2) is 6.60. The zero-order valence-corrected chi connectivity index (χ0v) is 10.5. The van der Waals surface area contributed by atoms with Crippen molar-refractivity contribution in [2.24, 2.45) is 16.5 Å². The van der Waals surface area contributed by atoms with Crippen LogP contribution in [0.4, 0.5) is 0 Å². The second-order valence-electron chi connectivity index (χ2n) is 3.14. The number of pyridine rings is 1. The maximum atomic E-state index is 11.3. The van der Waals surface area contributed by atoms with Crippen LogP contribution in [-0.2, 0) is 10.5 Å². The molecule has 0 radical (unpaired) electrons. The van der Waals surface area contributed by atoms with Crippen molar-refractivity contribution >= 4 is 28.9 Å². The second-order valence-corrected chi connectivity index (χ2v) is 4.10. The fourth-order valence-electron chi connectivity index (χ4n) is 1.07. The molecular weight excluding hydrogens is 254 g/mol. The predicted octanol–water partition coefficient (Wildman–Crippen LogP) is 0.310. The smallest absolute Gasteiger partial charge is 0.356 e. The largest absolute Gasteiger partial charge is 0.464 e. The summed E-state index contributed by atoms with van der Waals surface area (Å²) in [6, 6.07) is 4.99. The number of thioether (sulfide) groups is 1. The van der Waals surface area contributed by atoms with Gasteiger partial charge in [-0.2, -0.15) is 4.99 Å². The van der Waals surface area contributed by atoms with Crippen molar-refractivity contribution in [2.75, 3.05) is 7.11 Å². The number of nitrogens with one attached hydrogen (secondary N) is 1. The number of nitrogens with two attached hydrogens (primary N) is 2. The summed E-state index contributed by atoms with van der Waals surface area (Å²) in [5.41, 5.74) is 11.1. The van der Waals surface area contributed by atoms with Crippen LogP contribution < -0.4 is 11.5 Å². The molecule has 0 fully saturated rings. The quantitative estimate of drug-likeness (QED) is 0.411. The Morgan fingerprint density at radius 1 is 1.56 bits per heavy atom. The molecule has 1 aromatic rings. The summed E-state index contributed by atoms with van der Waals surface area (Å²) in [4.78, 5) is 18.9. The number of ether oxygens (including phenoxy) is 1. The van der Waals surface area contributed by atoms with Crippen molar-refractivity contribution in [3.05, 3.63) is 29.6 Å². The summed E-state index contributed by atoms with van der Waals surface area (Å²) < 4.78 is 4.56. The SMILES string of the molecule is COC(=O)c1cccc(CSC(=N)N=C(N)N)n1. The molecule has 0 saturated heterocycles. The normalized spacial score (nSPS) is 9.61. The summed E-state index contributed by atoms with van der Waals surface area (Å²) >= 11 is 1.11. The lowest BCUT2D eigenvalue weighted by Crippen LogP contribution is -2.23. The highest BCUT2D eigenvalue weighted by Gasteiger charge is 2.08. The Balaban J connectivity index is 2.66. The Morgan fingerprint density at radius 2 is 2.28 bits per heavy atom. The molecule has 0 aliphatic rings. The van der Waals surface area contributed by atoms with Crippen molar-refractivity contribution in [2.45, 2.75) is 5.75 Å². The number of aromatic nitrogens is 1. The van der Waals surface area contributed by atoms with Crippen LogP contribution in [0.25, 0.3) is 0 Å². The lowest BCUT2D eigenvalue weighted by Gasteiger charge is -2.02. The van der Waals surface area contributed by atoms with Crippen molar-refractivity contribution in [3.63, 3.8) is 0 Å². The van der Waals surface area contributed by atoms with E-state index in [1.165, 1.54) is 7.11 Å². The third-order valence-corrected chi connectivity index (χ3v) is 2.59. The Hall–Kier alpha value is -2.09. The van der Waals surface area contributed by atoms with Gasteiger partial charge in [-0.15, -0.1) is 0 Å². The van der Waals surface area contributed by atoms with Crippen LogP contribution >= 0.6 is 11.8 Å². The molecule has 96 valence electrons. The van der Waals surface area contributed by atoms with Crippen LogP contribution in [0.15, 0.2) is 23.2 Å². The van der Waals surface area contributed by atoms with E-state index < -0.39 is 5.97 Å². The molecule has 7 nitrogen and oxygen atoms in total. The van der Waals surface area contributed by atoms with Crippen LogP contribution in [0.3, 0.4) is 0 Å². The summed E-state index contributed by atoms with van der Waals surface area (Å²) in [6.45, 7) is 0. The number of amidine groups is 1. The molecule has 1 rings (SSSR count). The van der Waals surface area contributed by atoms with Gasteiger partial charge in [-0.3, -0.25) is 5.41 Å². The first-order valence-corrected chi connectivity index (χ1v) is 5.86. The molecule has 1 heterocycles. The first kappa shape index (κ1) is 14.0. The standard InChI is InChI=1S/C10H13N5O2S/c1-17-8(16)7-4-2-3-6(14-7)5-18-10(13)15-9(11)12/h2-4H,5H2,1H3,(H5,11,12,13,15). The van der Waals surface area contributed by atoms with Gasteiger partial charge in [0.15, 0.2) is 11.1 Å². The van der Waals surface area contributed by atoms with E-state index in [0.29, 0.717) is 11.4 Å². The van der Waals surface area contributed by atoms with Gasteiger partial charge in [0, 0.05) is 5.75 Å². The molecule has 0 aliphatic heterocycles. The summed E-state index contributed by atoms with van der Waals surface area (Å²) in [5.74, 6) is -0.273. The fraction of sp³-hybridized carbons (Fsp3) is 0.200. The number of hydrogen-bond donors (Lipinski definition) is 3. The number of carbonyl (C=O) groups is 1. The molecule has 0 amide bonds. The number of nitrogens with zero attached hydrogens (tertiary/aromatic N) is 2. The highest BCUT2D eigenvalue weighted by atomic mass is 32.2. The molecule has 0 saturated carbocycles. The van der Waals surface area contributed by atoms with Crippen molar-refractivity contribution < 1.29 is 9.53 Å².